The largest absolute Gasteiger partial charge is 0.442 e. The lowest BCUT2D eigenvalue weighted by molar-refractivity contribution is -0.196. The number of nitrogens with zero attached hydrogens (tertiary/aromatic N) is 2. The maximum atomic E-state index is 13.9. The molecule has 152 valence electrons. The van der Waals surface area contributed by atoms with Gasteiger partial charge in [0.05, 0.1) is 0 Å². The van der Waals surface area contributed by atoms with E-state index in [0.29, 0.717) is 6.42 Å². The molecule has 1 unspecified atom stereocenters. The Labute approximate surface area is 166 Å². The van der Waals surface area contributed by atoms with Gasteiger partial charge in [-0.2, -0.15) is 13.2 Å². The number of amides is 2. The van der Waals surface area contributed by atoms with E-state index in [4.69, 9.17) is 0 Å². The molecule has 0 saturated carbocycles. The Kier molecular flexibility index (Phi) is 5.46. The number of benzene rings is 2. The van der Waals surface area contributed by atoms with Crippen LogP contribution in [0.5, 0.6) is 0 Å². The van der Waals surface area contributed by atoms with Gasteiger partial charge in [0, 0.05) is 12.1 Å². The molecule has 2 aromatic rings. The second kappa shape index (κ2) is 7.69. The van der Waals surface area contributed by atoms with Gasteiger partial charge in [-0.15, -0.1) is 0 Å². The van der Waals surface area contributed by atoms with Crippen molar-refractivity contribution in [1.29, 1.82) is 0 Å². The molecule has 0 radical (unpaired) electrons. The first-order valence-electron chi connectivity index (χ1n) is 9.02. The summed E-state index contributed by atoms with van der Waals surface area (Å²) in [6.45, 7) is 3.14. The topological polar surface area (TPSA) is 61.8 Å². The first kappa shape index (κ1) is 20.6. The number of carbonyl (C=O) groups excluding carboxylic acids is 2. The van der Waals surface area contributed by atoms with Gasteiger partial charge in [0.15, 0.2) is 0 Å². The maximum absolute atomic E-state index is 13.9. The lowest BCUT2D eigenvalue weighted by atomic mass is 10.1. The van der Waals surface area contributed by atoms with E-state index in [9.17, 15) is 22.8 Å². The van der Waals surface area contributed by atoms with Crippen LogP contribution in [0.3, 0.4) is 0 Å². The van der Waals surface area contributed by atoms with Crippen LogP contribution in [0.4, 0.5) is 13.2 Å². The monoisotopic (exact) mass is 403 g/mol. The van der Waals surface area contributed by atoms with Gasteiger partial charge >= 0.3 is 11.8 Å². The minimum absolute atomic E-state index is 0.0163. The van der Waals surface area contributed by atoms with E-state index in [1.807, 2.05) is 35.6 Å². The molecule has 0 bridgehead atoms. The Hall–Kier alpha value is -3.16. The number of halogens is 3. The van der Waals surface area contributed by atoms with Crippen molar-refractivity contribution < 1.29 is 22.8 Å². The zero-order valence-corrected chi connectivity index (χ0v) is 16.0. The van der Waals surface area contributed by atoms with E-state index >= 15 is 0 Å². The minimum atomic E-state index is -5.09. The van der Waals surface area contributed by atoms with Crippen LogP contribution in [0, 0.1) is 6.92 Å². The summed E-state index contributed by atoms with van der Waals surface area (Å²) in [6.07, 6.45) is -4.73. The Morgan fingerprint density at radius 3 is 2.28 bits per heavy atom. The van der Waals surface area contributed by atoms with Gasteiger partial charge in [-0.1, -0.05) is 48.0 Å². The molecule has 0 aromatic heterocycles. The summed E-state index contributed by atoms with van der Waals surface area (Å²) in [5.41, 5.74) is -1.58. The fourth-order valence-electron chi connectivity index (χ4n) is 3.12. The van der Waals surface area contributed by atoms with Crippen molar-refractivity contribution in [3.05, 3.63) is 71.3 Å². The molecule has 1 aliphatic rings. The summed E-state index contributed by atoms with van der Waals surface area (Å²) in [5.74, 6) is -2.41. The zero-order chi connectivity index (χ0) is 21.2. The van der Waals surface area contributed by atoms with Gasteiger partial charge in [0.25, 0.3) is 11.8 Å². The van der Waals surface area contributed by atoms with Gasteiger partial charge in [0.2, 0.25) is 0 Å². The number of nitrogens with one attached hydrogen (secondary N) is 1. The summed E-state index contributed by atoms with van der Waals surface area (Å²) in [4.78, 5) is 29.8. The molecular formula is C21H20F3N3O2. The number of aliphatic imine (C=N–C) groups is 1. The van der Waals surface area contributed by atoms with Gasteiger partial charge in [0.1, 0.15) is 5.84 Å². The predicted molar refractivity (Wildman–Crippen MR) is 102 cm³/mol. The lowest BCUT2D eigenvalue weighted by Crippen LogP contribution is -2.63. The molecule has 0 fully saturated rings. The molecule has 5 nitrogen and oxygen atoms in total. The predicted octanol–water partition coefficient (Wildman–Crippen LogP) is 3.49. The molecule has 2 amide bonds. The molecular weight excluding hydrogens is 383 g/mol. The van der Waals surface area contributed by atoms with Crippen LogP contribution < -0.4 is 5.32 Å². The van der Waals surface area contributed by atoms with Crippen molar-refractivity contribution in [3.8, 4) is 0 Å². The van der Waals surface area contributed by atoms with E-state index in [-0.39, 0.29) is 17.9 Å². The van der Waals surface area contributed by atoms with Crippen LogP contribution in [0.1, 0.15) is 28.4 Å². The number of carbonyl (C=O) groups is 2. The average Bonchev–Trinajstić information content (AvgIpc) is 2.92. The van der Waals surface area contributed by atoms with Crippen molar-refractivity contribution in [1.82, 2.24) is 10.2 Å². The van der Waals surface area contributed by atoms with E-state index in [0.717, 1.165) is 16.0 Å². The number of rotatable bonds is 5. The normalized spacial score (nSPS) is 19.3. The number of hydrogen-bond donors (Lipinski definition) is 1. The summed E-state index contributed by atoms with van der Waals surface area (Å²) in [5, 5.41) is 1.83. The molecule has 3 rings (SSSR count). The molecule has 29 heavy (non-hydrogen) atoms. The molecule has 2 aromatic carbocycles. The molecule has 8 heteroatoms. The smallest absolute Gasteiger partial charge is 0.312 e. The highest BCUT2D eigenvalue weighted by Gasteiger charge is 2.66. The highest BCUT2D eigenvalue weighted by molar-refractivity contribution is 6.10. The van der Waals surface area contributed by atoms with E-state index in [1.54, 1.807) is 19.1 Å². The number of aryl methyl sites for hydroxylation is 1. The Morgan fingerprint density at radius 1 is 1.07 bits per heavy atom. The van der Waals surface area contributed by atoms with Crippen LogP contribution in [-0.2, 0) is 11.2 Å². The lowest BCUT2D eigenvalue weighted by Gasteiger charge is -2.29. The SMILES string of the molecule is CC1=NC(NC(=O)c2ccc(C)cc2)(C(F)(F)F)C(=O)N1CCc1ccccc1. The fourth-order valence-corrected chi connectivity index (χ4v) is 3.12. The molecule has 0 saturated heterocycles. The second-order valence-electron chi connectivity index (χ2n) is 6.88. The standard InChI is InChI=1S/C21H20F3N3O2/c1-14-8-10-17(11-9-14)18(28)26-20(21(22,23)24)19(29)27(15(2)25-20)13-12-16-6-4-3-5-7-16/h3-11H,12-13H2,1-2H3,(H,26,28). The van der Waals surface area contributed by atoms with Crippen molar-refractivity contribution in [3.63, 3.8) is 0 Å². The van der Waals surface area contributed by atoms with Crippen LogP contribution in [0.25, 0.3) is 0 Å². The average molecular weight is 403 g/mol. The number of alkyl halides is 3. The Morgan fingerprint density at radius 2 is 1.69 bits per heavy atom. The van der Waals surface area contributed by atoms with Crippen molar-refractivity contribution in [2.24, 2.45) is 4.99 Å². The fraction of sp³-hybridized carbons (Fsp3) is 0.286. The van der Waals surface area contributed by atoms with Gasteiger partial charge in [-0.25, -0.2) is 4.99 Å². The second-order valence-corrected chi connectivity index (χ2v) is 6.88. The minimum Gasteiger partial charge on any atom is -0.312 e. The zero-order valence-electron chi connectivity index (χ0n) is 16.0. The molecule has 1 heterocycles. The van der Waals surface area contributed by atoms with Crippen molar-refractivity contribution >= 4 is 17.6 Å². The molecule has 0 aliphatic carbocycles. The maximum Gasteiger partial charge on any atom is 0.442 e. The summed E-state index contributed by atoms with van der Waals surface area (Å²) in [7, 11) is 0. The van der Waals surface area contributed by atoms with Crippen LogP contribution in [-0.4, -0.2) is 40.9 Å². The van der Waals surface area contributed by atoms with Crippen molar-refractivity contribution in [2.45, 2.75) is 32.1 Å². The van der Waals surface area contributed by atoms with E-state index < -0.39 is 23.7 Å². The third kappa shape index (κ3) is 4.01. The van der Waals surface area contributed by atoms with Crippen LogP contribution >= 0.6 is 0 Å². The highest BCUT2D eigenvalue weighted by Crippen LogP contribution is 2.37. The highest BCUT2D eigenvalue weighted by atomic mass is 19.4. The molecule has 1 aliphatic heterocycles. The first-order valence-corrected chi connectivity index (χ1v) is 9.02. The van der Waals surface area contributed by atoms with Gasteiger partial charge in [-0.05, 0) is 38.0 Å². The Balaban J connectivity index is 1.85. The number of hydrogen-bond acceptors (Lipinski definition) is 3. The first-order chi connectivity index (χ1) is 13.6. The van der Waals surface area contributed by atoms with Gasteiger partial charge in [-0.3, -0.25) is 14.5 Å². The van der Waals surface area contributed by atoms with Crippen molar-refractivity contribution in [2.75, 3.05) is 6.54 Å². The third-order valence-electron chi connectivity index (χ3n) is 4.76. The quantitative estimate of drug-likeness (QED) is 0.831. The number of amidine groups is 1. The Bertz CT molecular complexity index is 940. The van der Waals surface area contributed by atoms with E-state index in [2.05, 4.69) is 4.99 Å². The van der Waals surface area contributed by atoms with Crippen LogP contribution in [0.2, 0.25) is 0 Å². The molecule has 0 spiro atoms. The summed E-state index contributed by atoms with van der Waals surface area (Å²) in [6, 6.07) is 15.1. The van der Waals surface area contributed by atoms with Gasteiger partial charge < -0.3 is 5.32 Å². The van der Waals surface area contributed by atoms with E-state index in [1.165, 1.54) is 19.1 Å². The molecule has 1 N–H and O–H groups in total. The summed E-state index contributed by atoms with van der Waals surface area (Å²) < 4.78 is 41.8. The molecule has 1 atom stereocenters. The summed E-state index contributed by atoms with van der Waals surface area (Å²) >= 11 is 0. The third-order valence-corrected chi connectivity index (χ3v) is 4.76. The van der Waals surface area contributed by atoms with Crippen LogP contribution in [0.15, 0.2) is 59.6 Å².